The van der Waals surface area contributed by atoms with E-state index in [9.17, 15) is 14.4 Å². The zero-order valence-corrected chi connectivity index (χ0v) is 17.3. The van der Waals surface area contributed by atoms with Crippen LogP contribution in [0.25, 0.3) is 0 Å². The fourth-order valence-electron chi connectivity index (χ4n) is 3.51. The molecule has 9 heteroatoms. The van der Waals surface area contributed by atoms with E-state index in [0.717, 1.165) is 21.6 Å². The van der Waals surface area contributed by atoms with E-state index >= 15 is 0 Å². The summed E-state index contributed by atoms with van der Waals surface area (Å²) in [6.07, 6.45) is 0. The molecule has 1 saturated heterocycles. The second kappa shape index (κ2) is 7.87. The van der Waals surface area contributed by atoms with Gasteiger partial charge in [0.25, 0.3) is 11.8 Å². The van der Waals surface area contributed by atoms with Gasteiger partial charge < -0.3 is 5.32 Å². The van der Waals surface area contributed by atoms with Gasteiger partial charge in [-0.15, -0.1) is 0 Å². The molecule has 0 bridgehead atoms. The minimum atomic E-state index is -0.935. The number of nitrogens with zero attached hydrogens (tertiary/aromatic N) is 4. The molecule has 1 fully saturated rings. The highest BCUT2D eigenvalue weighted by molar-refractivity contribution is 6.31. The van der Waals surface area contributed by atoms with Gasteiger partial charge in [0.2, 0.25) is 5.91 Å². The number of halogens is 1. The van der Waals surface area contributed by atoms with Crippen LogP contribution in [0, 0.1) is 13.8 Å². The number of hydrogen-bond acceptors (Lipinski definition) is 6. The van der Waals surface area contributed by atoms with Crippen LogP contribution >= 0.6 is 11.6 Å². The predicted molar refractivity (Wildman–Crippen MR) is 111 cm³/mol. The van der Waals surface area contributed by atoms with Crippen molar-refractivity contribution in [2.75, 3.05) is 11.4 Å². The van der Waals surface area contributed by atoms with Crippen molar-refractivity contribution >= 4 is 35.0 Å². The number of hydrogen-bond donors (Lipinski definition) is 1. The molecule has 154 valence electrons. The van der Waals surface area contributed by atoms with Crippen LogP contribution < -0.4 is 10.2 Å². The summed E-state index contributed by atoms with van der Waals surface area (Å²) in [6, 6.07) is 10.7. The van der Waals surface area contributed by atoms with E-state index < -0.39 is 23.9 Å². The minimum Gasteiger partial charge on any atom is -0.350 e. The highest BCUT2D eigenvalue weighted by Gasteiger charge is 2.55. The molecule has 2 aromatic carbocycles. The number of amides is 3. The quantitative estimate of drug-likeness (QED) is 0.745. The molecule has 30 heavy (non-hydrogen) atoms. The van der Waals surface area contributed by atoms with Crippen LogP contribution in [0.2, 0.25) is 5.02 Å². The summed E-state index contributed by atoms with van der Waals surface area (Å²) in [4.78, 5) is 39.3. The van der Waals surface area contributed by atoms with Crippen LogP contribution in [0.15, 0.2) is 52.8 Å². The molecule has 0 saturated carbocycles. The number of imide groups is 1. The van der Waals surface area contributed by atoms with Crippen molar-refractivity contribution < 1.29 is 14.4 Å². The third kappa shape index (κ3) is 3.54. The van der Waals surface area contributed by atoms with Gasteiger partial charge in [0.05, 0.1) is 5.69 Å². The van der Waals surface area contributed by atoms with Gasteiger partial charge in [-0.3, -0.25) is 19.4 Å². The first kappa shape index (κ1) is 20.0. The maximum Gasteiger partial charge on any atom is 0.263 e. The van der Waals surface area contributed by atoms with Gasteiger partial charge in [-0.05, 0) is 48.7 Å². The summed E-state index contributed by atoms with van der Waals surface area (Å²) in [5, 5.41) is 12.4. The van der Waals surface area contributed by atoms with Crippen LogP contribution in [-0.4, -0.2) is 41.4 Å². The monoisotopic (exact) mass is 425 g/mol. The summed E-state index contributed by atoms with van der Waals surface area (Å²) in [5.74, 6) is -1.22. The van der Waals surface area contributed by atoms with Gasteiger partial charge in [-0.2, -0.15) is 5.11 Å². The Morgan fingerprint density at radius 1 is 1.10 bits per heavy atom. The molecule has 2 heterocycles. The number of aryl methyl sites for hydroxylation is 2. The molecule has 2 unspecified atom stereocenters. The van der Waals surface area contributed by atoms with Gasteiger partial charge in [-0.25, -0.2) is 4.90 Å². The molecule has 0 aromatic heterocycles. The first-order valence-electron chi connectivity index (χ1n) is 9.49. The SMILES string of the molecule is Cc1ccc(N2C(=O)C3N=NN(CC(=O)NCc4ccccc4Cl)C3C2=O)cc1C. The summed E-state index contributed by atoms with van der Waals surface area (Å²) in [6.45, 7) is 3.94. The molecule has 1 N–H and O–H groups in total. The lowest BCUT2D eigenvalue weighted by atomic mass is 10.1. The van der Waals surface area contributed by atoms with Crippen molar-refractivity contribution in [1.29, 1.82) is 0 Å². The maximum absolute atomic E-state index is 13.0. The topological polar surface area (TPSA) is 94.4 Å². The first-order valence-corrected chi connectivity index (χ1v) is 9.87. The van der Waals surface area contributed by atoms with E-state index in [2.05, 4.69) is 15.7 Å². The van der Waals surface area contributed by atoms with Crippen LogP contribution in [0.1, 0.15) is 16.7 Å². The number of carbonyl (C=O) groups is 3. The van der Waals surface area contributed by atoms with Gasteiger partial charge in [0.15, 0.2) is 12.1 Å². The molecular weight excluding hydrogens is 406 g/mol. The Kier molecular flexibility index (Phi) is 5.26. The lowest BCUT2D eigenvalue weighted by Gasteiger charge is -2.20. The zero-order chi connectivity index (χ0) is 21.4. The summed E-state index contributed by atoms with van der Waals surface area (Å²) < 4.78 is 0. The third-order valence-electron chi connectivity index (χ3n) is 5.35. The standard InChI is InChI=1S/C21H20ClN5O3/c1-12-7-8-15(9-13(12)2)27-20(29)18-19(21(27)30)26(25-24-18)11-17(28)23-10-14-5-3-4-6-16(14)22/h3-9,18-19H,10-11H2,1-2H3,(H,23,28). The Morgan fingerprint density at radius 2 is 1.87 bits per heavy atom. The van der Waals surface area contributed by atoms with E-state index in [1.807, 2.05) is 38.1 Å². The number of fused-ring (bicyclic) bond motifs is 1. The molecule has 2 atom stereocenters. The molecule has 2 aromatic rings. The molecule has 2 aliphatic heterocycles. The summed E-state index contributed by atoms with van der Waals surface area (Å²) in [5.41, 5.74) is 3.32. The van der Waals surface area contributed by atoms with E-state index in [-0.39, 0.29) is 19.0 Å². The van der Waals surface area contributed by atoms with Gasteiger partial charge >= 0.3 is 0 Å². The second-order valence-corrected chi connectivity index (χ2v) is 7.75. The van der Waals surface area contributed by atoms with Crippen LogP contribution in [0.4, 0.5) is 5.69 Å². The molecular formula is C21H20ClN5O3. The number of rotatable bonds is 5. The second-order valence-electron chi connectivity index (χ2n) is 7.34. The Balaban J connectivity index is 1.45. The predicted octanol–water partition coefficient (Wildman–Crippen LogP) is 2.57. The minimum absolute atomic E-state index is 0.186. The normalized spacial score (nSPS) is 20.1. The molecule has 2 aliphatic rings. The fraction of sp³-hybridized carbons (Fsp3) is 0.286. The van der Waals surface area contributed by atoms with Gasteiger partial charge in [0.1, 0.15) is 6.54 Å². The van der Waals surface area contributed by atoms with E-state index in [0.29, 0.717) is 10.7 Å². The molecule has 8 nitrogen and oxygen atoms in total. The zero-order valence-electron chi connectivity index (χ0n) is 16.5. The van der Waals surface area contributed by atoms with Crippen molar-refractivity contribution in [3.05, 3.63) is 64.2 Å². The van der Waals surface area contributed by atoms with E-state index in [1.54, 1.807) is 18.2 Å². The first-order chi connectivity index (χ1) is 14.4. The molecule has 4 rings (SSSR count). The van der Waals surface area contributed by atoms with Crippen molar-refractivity contribution in [3.63, 3.8) is 0 Å². The van der Waals surface area contributed by atoms with E-state index in [1.165, 1.54) is 5.01 Å². The van der Waals surface area contributed by atoms with Crippen molar-refractivity contribution in [3.8, 4) is 0 Å². The van der Waals surface area contributed by atoms with Crippen molar-refractivity contribution in [2.45, 2.75) is 32.5 Å². The van der Waals surface area contributed by atoms with Gasteiger partial charge in [-0.1, -0.05) is 41.1 Å². The highest BCUT2D eigenvalue weighted by atomic mass is 35.5. The molecule has 0 radical (unpaired) electrons. The average Bonchev–Trinajstić information content (AvgIpc) is 3.23. The average molecular weight is 426 g/mol. The third-order valence-corrected chi connectivity index (χ3v) is 5.71. The van der Waals surface area contributed by atoms with Crippen LogP contribution in [0.3, 0.4) is 0 Å². The Hall–Kier alpha value is -3.26. The number of benzene rings is 2. The maximum atomic E-state index is 13.0. The largest absolute Gasteiger partial charge is 0.350 e. The number of carbonyl (C=O) groups excluding carboxylic acids is 3. The molecule has 0 aliphatic carbocycles. The van der Waals surface area contributed by atoms with E-state index in [4.69, 9.17) is 11.6 Å². The van der Waals surface area contributed by atoms with Crippen LogP contribution in [-0.2, 0) is 20.9 Å². The summed E-state index contributed by atoms with van der Waals surface area (Å²) >= 11 is 6.10. The number of anilines is 1. The molecule has 3 amide bonds. The highest BCUT2D eigenvalue weighted by Crippen LogP contribution is 2.32. The lowest BCUT2D eigenvalue weighted by molar-refractivity contribution is -0.125. The Labute approximate surface area is 178 Å². The Bertz CT molecular complexity index is 1070. The lowest BCUT2D eigenvalue weighted by Crippen LogP contribution is -2.44. The fourth-order valence-corrected chi connectivity index (χ4v) is 3.71. The Morgan fingerprint density at radius 3 is 2.60 bits per heavy atom. The van der Waals surface area contributed by atoms with Crippen LogP contribution in [0.5, 0.6) is 0 Å². The summed E-state index contributed by atoms with van der Waals surface area (Å²) in [7, 11) is 0. The van der Waals surface area contributed by atoms with Crippen molar-refractivity contribution in [1.82, 2.24) is 10.3 Å². The number of nitrogens with one attached hydrogen (secondary N) is 1. The van der Waals surface area contributed by atoms with Crippen molar-refractivity contribution in [2.24, 2.45) is 10.3 Å². The molecule has 0 spiro atoms. The van der Waals surface area contributed by atoms with Gasteiger partial charge in [0, 0.05) is 11.6 Å². The smallest absolute Gasteiger partial charge is 0.263 e.